The number of carboxylic acids is 1. The van der Waals surface area contributed by atoms with Crippen LogP contribution in [0.5, 0.6) is 0 Å². The lowest BCUT2D eigenvalue weighted by molar-refractivity contribution is -0.137. The Bertz CT molecular complexity index is 565. The van der Waals surface area contributed by atoms with Crippen LogP contribution in [0.15, 0.2) is 28.8 Å². The van der Waals surface area contributed by atoms with Crippen molar-refractivity contribution in [2.45, 2.75) is 19.4 Å². The molecule has 2 aromatic rings. The summed E-state index contributed by atoms with van der Waals surface area (Å²) in [6.45, 7) is 1.93. The summed E-state index contributed by atoms with van der Waals surface area (Å²) in [7, 11) is 0. The molecule has 0 saturated heterocycles. The van der Waals surface area contributed by atoms with Gasteiger partial charge in [0.2, 0.25) is 11.7 Å². The van der Waals surface area contributed by atoms with Crippen LogP contribution in [0.1, 0.15) is 23.9 Å². The molecule has 0 aliphatic heterocycles. The first-order valence-electron chi connectivity index (χ1n) is 5.45. The van der Waals surface area contributed by atoms with E-state index in [4.69, 9.17) is 15.4 Å². The van der Waals surface area contributed by atoms with E-state index >= 15 is 0 Å². The fourth-order valence-electron chi connectivity index (χ4n) is 1.59. The van der Waals surface area contributed by atoms with Crippen molar-refractivity contribution in [3.05, 3.63) is 35.7 Å². The van der Waals surface area contributed by atoms with Gasteiger partial charge in [0.05, 0.1) is 12.5 Å². The van der Waals surface area contributed by atoms with E-state index < -0.39 is 12.0 Å². The summed E-state index contributed by atoms with van der Waals surface area (Å²) < 4.78 is 4.99. The Kier molecular flexibility index (Phi) is 3.38. The summed E-state index contributed by atoms with van der Waals surface area (Å²) in [5.74, 6) is -0.447. The molecule has 94 valence electrons. The third-order valence-corrected chi connectivity index (χ3v) is 2.54. The zero-order valence-electron chi connectivity index (χ0n) is 9.83. The van der Waals surface area contributed by atoms with Crippen molar-refractivity contribution in [2.75, 3.05) is 0 Å². The molecule has 0 radical (unpaired) electrons. The molecule has 0 bridgehead atoms. The number of hydrogen-bond donors (Lipinski definition) is 2. The van der Waals surface area contributed by atoms with Crippen LogP contribution >= 0.6 is 0 Å². The van der Waals surface area contributed by atoms with Crippen molar-refractivity contribution < 1.29 is 14.4 Å². The molecule has 0 aliphatic rings. The van der Waals surface area contributed by atoms with E-state index in [9.17, 15) is 4.79 Å². The van der Waals surface area contributed by atoms with Gasteiger partial charge in [-0.15, -0.1) is 0 Å². The fraction of sp³-hybridized carbons (Fsp3) is 0.250. The monoisotopic (exact) mass is 247 g/mol. The zero-order chi connectivity index (χ0) is 13.1. The maximum absolute atomic E-state index is 10.5. The number of carbonyl (C=O) groups is 1. The van der Waals surface area contributed by atoms with Crippen molar-refractivity contribution in [1.29, 1.82) is 0 Å². The van der Waals surface area contributed by atoms with Gasteiger partial charge >= 0.3 is 5.97 Å². The van der Waals surface area contributed by atoms with Crippen LogP contribution < -0.4 is 5.73 Å². The van der Waals surface area contributed by atoms with E-state index in [0.29, 0.717) is 5.82 Å². The van der Waals surface area contributed by atoms with Crippen LogP contribution in [0.4, 0.5) is 0 Å². The lowest BCUT2D eigenvalue weighted by atomic mass is 10.1. The van der Waals surface area contributed by atoms with E-state index in [1.54, 1.807) is 0 Å². The van der Waals surface area contributed by atoms with E-state index in [1.165, 1.54) is 0 Å². The van der Waals surface area contributed by atoms with Crippen LogP contribution in [0, 0.1) is 6.92 Å². The quantitative estimate of drug-likeness (QED) is 0.849. The minimum atomic E-state index is -1.00. The van der Waals surface area contributed by atoms with E-state index in [2.05, 4.69) is 10.1 Å². The van der Waals surface area contributed by atoms with E-state index in [0.717, 1.165) is 11.1 Å². The molecule has 0 spiro atoms. The standard InChI is InChI=1S/C12H13N3O3/c1-7-4-2-3-5-8(7)11-14-12(18-15-11)9(13)6-10(16)17/h2-5,9H,6,13H2,1H3,(H,16,17)/t9-/m0/s1. The van der Waals surface area contributed by atoms with Crippen molar-refractivity contribution in [3.63, 3.8) is 0 Å². The second kappa shape index (κ2) is 4.97. The number of nitrogens with two attached hydrogens (primary N) is 1. The molecule has 3 N–H and O–H groups in total. The number of aromatic nitrogens is 2. The summed E-state index contributed by atoms with van der Waals surface area (Å²) in [5.41, 5.74) is 7.50. The summed E-state index contributed by atoms with van der Waals surface area (Å²) in [4.78, 5) is 14.7. The average molecular weight is 247 g/mol. The third-order valence-electron chi connectivity index (χ3n) is 2.54. The normalized spacial score (nSPS) is 12.3. The van der Waals surface area contributed by atoms with Gasteiger partial charge in [-0.3, -0.25) is 4.79 Å². The molecule has 0 aliphatic carbocycles. The minimum absolute atomic E-state index is 0.135. The summed E-state index contributed by atoms with van der Waals surface area (Å²) in [5, 5.41) is 12.5. The average Bonchev–Trinajstić information content (AvgIpc) is 2.78. The molecule has 0 saturated carbocycles. The first-order valence-corrected chi connectivity index (χ1v) is 5.45. The lowest BCUT2D eigenvalue weighted by Crippen LogP contribution is -2.15. The van der Waals surface area contributed by atoms with Gasteiger partial charge in [-0.2, -0.15) is 4.98 Å². The molecule has 0 fully saturated rings. The Balaban J connectivity index is 2.26. The highest BCUT2D eigenvalue weighted by Crippen LogP contribution is 2.21. The molecule has 1 heterocycles. The van der Waals surface area contributed by atoms with E-state index in [1.807, 2.05) is 31.2 Å². The van der Waals surface area contributed by atoms with Gasteiger partial charge in [0.15, 0.2) is 0 Å². The van der Waals surface area contributed by atoms with E-state index in [-0.39, 0.29) is 12.3 Å². The largest absolute Gasteiger partial charge is 0.481 e. The zero-order valence-corrected chi connectivity index (χ0v) is 9.83. The summed E-state index contributed by atoms with van der Waals surface area (Å²) in [6.07, 6.45) is -0.241. The lowest BCUT2D eigenvalue weighted by Gasteiger charge is -2.01. The van der Waals surface area contributed by atoms with Crippen molar-refractivity contribution in [1.82, 2.24) is 10.1 Å². The SMILES string of the molecule is Cc1ccccc1-c1noc([C@@H](N)CC(=O)O)n1. The molecule has 0 unspecified atom stereocenters. The summed E-state index contributed by atoms with van der Waals surface area (Å²) in [6, 6.07) is 6.80. The molecule has 2 rings (SSSR count). The van der Waals surface area contributed by atoms with Gasteiger partial charge in [-0.1, -0.05) is 29.4 Å². The molecule has 6 nitrogen and oxygen atoms in total. The predicted molar refractivity (Wildman–Crippen MR) is 63.7 cm³/mol. The maximum Gasteiger partial charge on any atom is 0.305 e. The number of benzene rings is 1. The first-order chi connectivity index (χ1) is 8.58. The van der Waals surface area contributed by atoms with Crippen molar-refractivity contribution in [2.24, 2.45) is 5.73 Å². The number of aliphatic carboxylic acids is 1. The molecular weight excluding hydrogens is 234 g/mol. The van der Waals surface area contributed by atoms with Crippen LogP contribution in [-0.4, -0.2) is 21.2 Å². The minimum Gasteiger partial charge on any atom is -0.481 e. The number of rotatable bonds is 4. The molecule has 1 aromatic heterocycles. The molecule has 1 atom stereocenters. The Hall–Kier alpha value is -2.21. The van der Waals surface area contributed by atoms with Crippen LogP contribution in [0.2, 0.25) is 0 Å². The highest BCUT2D eigenvalue weighted by Gasteiger charge is 2.18. The highest BCUT2D eigenvalue weighted by molar-refractivity contribution is 5.67. The molecular formula is C12H13N3O3. The second-order valence-electron chi connectivity index (χ2n) is 3.98. The van der Waals surface area contributed by atoms with Crippen LogP contribution in [0.3, 0.4) is 0 Å². The van der Waals surface area contributed by atoms with Crippen LogP contribution in [-0.2, 0) is 4.79 Å². The smallest absolute Gasteiger partial charge is 0.305 e. The highest BCUT2D eigenvalue weighted by atomic mass is 16.5. The van der Waals surface area contributed by atoms with Crippen molar-refractivity contribution in [3.8, 4) is 11.4 Å². The van der Waals surface area contributed by atoms with Gasteiger partial charge in [0.1, 0.15) is 0 Å². The maximum atomic E-state index is 10.5. The number of carboxylic acid groups (broad SMARTS) is 1. The molecule has 0 amide bonds. The van der Waals surface area contributed by atoms with Gasteiger partial charge in [0, 0.05) is 5.56 Å². The van der Waals surface area contributed by atoms with Crippen molar-refractivity contribution >= 4 is 5.97 Å². The predicted octanol–water partition coefficient (Wildman–Crippen LogP) is 1.52. The Morgan fingerprint density at radius 2 is 2.22 bits per heavy atom. The second-order valence-corrected chi connectivity index (χ2v) is 3.98. The third kappa shape index (κ3) is 2.54. The Labute approximate surface area is 103 Å². The number of hydrogen-bond acceptors (Lipinski definition) is 5. The summed E-state index contributed by atoms with van der Waals surface area (Å²) >= 11 is 0. The molecule has 18 heavy (non-hydrogen) atoms. The van der Waals surface area contributed by atoms with Gasteiger partial charge in [-0.25, -0.2) is 0 Å². The van der Waals surface area contributed by atoms with Crippen LogP contribution in [0.25, 0.3) is 11.4 Å². The first kappa shape index (κ1) is 12.3. The topological polar surface area (TPSA) is 102 Å². The van der Waals surface area contributed by atoms with Gasteiger partial charge in [0.25, 0.3) is 0 Å². The van der Waals surface area contributed by atoms with Gasteiger partial charge < -0.3 is 15.4 Å². The number of aryl methyl sites for hydroxylation is 1. The molecule has 6 heteroatoms. The Morgan fingerprint density at radius 1 is 1.50 bits per heavy atom. The Morgan fingerprint density at radius 3 is 2.89 bits per heavy atom. The fourth-order valence-corrected chi connectivity index (χ4v) is 1.59. The van der Waals surface area contributed by atoms with Gasteiger partial charge in [-0.05, 0) is 12.5 Å². The number of nitrogens with zero attached hydrogens (tertiary/aromatic N) is 2. The molecule has 1 aromatic carbocycles.